The van der Waals surface area contributed by atoms with Crippen LogP contribution in [0.15, 0.2) is 54.9 Å². The Labute approximate surface area is 142 Å². The second kappa shape index (κ2) is 6.72. The number of benzene rings is 1. The largest absolute Gasteiger partial charge is 0.439 e. The van der Waals surface area contributed by atoms with Crippen LogP contribution in [0.25, 0.3) is 0 Å². The Morgan fingerprint density at radius 1 is 1.25 bits per heavy atom. The lowest BCUT2D eigenvalue weighted by Gasteiger charge is -2.07. The number of ether oxygens (including phenoxy) is 1. The van der Waals surface area contributed by atoms with Crippen molar-refractivity contribution >= 4 is 23.2 Å². The number of aromatic nitrogens is 2. The second-order valence-electron chi connectivity index (χ2n) is 5.05. The van der Waals surface area contributed by atoms with Gasteiger partial charge in [0.15, 0.2) is 0 Å². The van der Waals surface area contributed by atoms with Crippen molar-refractivity contribution in [3.05, 3.63) is 71.4 Å². The predicted octanol–water partition coefficient (Wildman–Crippen LogP) is 4.26. The van der Waals surface area contributed by atoms with Gasteiger partial charge < -0.3 is 14.6 Å². The van der Waals surface area contributed by atoms with Crippen LogP contribution in [-0.2, 0) is 7.05 Å². The normalized spacial score (nSPS) is 10.5. The molecule has 24 heavy (non-hydrogen) atoms. The molecular formula is C17H13ClFN3O2. The Balaban J connectivity index is 1.67. The summed E-state index contributed by atoms with van der Waals surface area (Å²) in [6.07, 6.45) is 3.12. The van der Waals surface area contributed by atoms with Gasteiger partial charge in [0, 0.05) is 19.3 Å². The molecule has 1 aromatic carbocycles. The quantitative estimate of drug-likeness (QED) is 0.768. The number of amides is 1. The number of pyridine rings is 1. The number of anilines is 1. The first kappa shape index (κ1) is 16.0. The highest BCUT2D eigenvalue weighted by Gasteiger charge is 2.11. The summed E-state index contributed by atoms with van der Waals surface area (Å²) in [5, 5.41) is 3.21. The van der Waals surface area contributed by atoms with Crippen molar-refractivity contribution in [3.8, 4) is 11.6 Å². The van der Waals surface area contributed by atoms with Gasteiger partial charge in [0.05, 0.1) is 16.9 Å². The summed E-state index contributed by atoms with van der Waals surface area (Å²) in [6, 6.07) is 10.5. The van der Waals surface area contributed by atoms with Crippen molar-refractivity contribution in [3.63, 3.8) is 0 Å². The van der Waals surface area contributed by atoms with Gasteiger partial charge in [0.1, 0.15) is 17.3 Å². The maximum Gasteiger partial charge on any atom is 0.272 e. The van der Waals surface area contributed by atoms with Gasteiger partial charge in [-0.15, -0.1) is 0 Å². The van der Waals surface area contributed by atoms with E-state index in [2.05, 4.69) is 10.3 Å². The van der Waals surface area contributed by atoms with Gasteiger partial charge >= 0.3 is 0 Å². The van der Waals surface area contributed by atoms with E-state index in [0.717, 1.165) is 0 Å². The van der Waals surface area contributed by atoms with Crippen LogP contribution in [0.2, 0.25) is 5.02 Å². The predicted molar refractivity (Wildman–Crippen MR) is 89.1 cm³/mol. The number of hydrogen-bond acceptors (Lipinski definition) is 3. The standard InChI is InChI=1S/C17H13ClFN3O2/c1-22-10-11(18)8-15(22)17(23)21-13-4-7-16(20-9-13)24-14-5-2-12(19)3-6-14/h2-10H,1H3,(H,21,23). The highest BCUT2D eigenvalue weighted by atomic mass is 35.5. The summed E-state index contributed by atoms with van der Waals surface area (Å²) < 4.78 is 20.0. The van der Waals surface area contributed by atoms with E-state index in [1.54, 1.807) is 36.0 Å². The first-order valence-electron chi connectivity index (χ1n) is 7.04. The van der Waals surface area contributed by atoms with Crippen LogP contribution in [0.3, 0.4) is 0 Å². The van der Waals surface area contributed by atoms with Crippen molar-refractivity contribution in [2.45, 2.75) is 0 Å². The molecule has 2 aromatic heterocycles. The molecule has 3 aromatic rings. The van der Waals surface area contributed by atoms with E-state index < -0.39 is 0 Å². The van der Waals surface area contributed by atoms with Gasteiger partial charge in [-0.2, -0.15) is 0 Å². The molecule has 122 valence electrons. The third-order valence-electron chi connectivity index (χ3n) is 3.23. The van der Waals surface area contributed by atoms with E-state index in [-0.39, 0.29) is 11.7 Å². The van der Waals surface area contributed by atoms with Crippen LogP contribution in [0.1, 0.15) is 10.5 Å². The van der Waals surface area contributed by atoms with Crippen molar-refractivity contribution < 1.29 is 13.9 Å². The summed E-state index contributed by atoms with van der Waals surface area (Å²) >= 11 is 5.87. The number of carbonyl (C=O) groups excluding carboxylic acids is 1. The molecule has 0 spiro atoms. The molecule has 0 saturated heterocycles. The highest BCUT2D eigenvalue weighted by molar-refractivity contribution is 6.31. The molecule has 0 aliphatic rings. The van der Waals surface area contributed by atoms with E-state index >= 15 is 0 Å². The van der Waals surface area contributed by atoms with E-state index in [1.165, 1.54) is 30.5 Å². The molecule has 0 atom stereocenters. The Morgan fingerprint density at radius 3 is 2.58 bits per heavy atom. The SMILES string of the molecule is Cn1cc(Cl)cc1C(=O)Nc1ccc(Oc2ccc(F)cc2)nc1. The van der Waals surface area contributed by atoms with Crippen molar-refractivity contribution in [2.75, 3.05) is 5.32 Å². The minimum Gasteiger partial charge on any atom is -0.439 e. The van der Waals surface area contributed by atoms with Gasteiger partial charge in [-0.05, 0) is 36.4 Å². The molecule has 0 unspecified atom stereocenters. The molecule has 0 aliphatic carbocycles. The number of carbonyl (C=O) groups is 1. The van der Waals surface area contributed by atoms with Crippen molar-refractivity contribution in [2.24, 2.45) is 7.05 Å². The zero-order valence-corrected chi connectivity index (χ0v) is 13.4. The van der Waals surface area contributed by atoms with Crippen LogP contribution in [-0.4, -0.2) is 15.5 Å². The molecule has 5 nitrogen and oxygen atoms in total. The van der Waals surface area contributed by atoms with E-state index in [4.69, 9.17) is 16.3 Å². The van der Waals surface area contributed by atoms with Gasteiger partial charge in [0.2, 0.25) is 5.88 Å². The fourth-order valence-electron chi connectivity index (χ4n) is 2.08. The summed E-state index contributed by atoms with van der Waals surface area (Å²) in [5.41, 5.74) is 0.954. The molecule has 7 heteroatoms. The molecule has 0 fully saturated rings. The zero-order chi connectivity index (χ0) is 17.1. The minimum atomic E-state index is -0.339. The van der Waals surface area contributed by atoms with E-state index in [9.17, 15) is 9.18 Å². The van der Waals surface area contributed by atoms with E-state index in [1.807, 2.05) is 0 Å². The molecule has 0 radical (unpaired) electrons. The molecule has 1 N–H and O–H groups in total. The average Bonchev–Trinajstić information content (AvgIpc) is 2.90. The van der Waals surface area contributed by atoms with Crippen LogP contribution >= 0.6 is 11.6 Å². The lowest BCUT2D eigenvalue weighted by molar-refractivity contribution is 0.101. The molecule has 2 heterocycles. The maximum atomic E-state index is 12.8. The van der Waals surface area contributed by atoms with Gasteiger partial charge in [-0.25, -0.2) is 9.37 Å². The van der Waals surface area contributed by atoms with Gasteiger partial charge in [-0.3, -0.25) is 4.79 Å². The summed E-state index contributed by atoms with van der Waals surface area (Å²) in [5.74, 6) is 0.174. The van der Waals surface area contributed by atoms with Crippen molar-refractivity contribution in [1.82, 2.24) is 9.55 Å². The Bertz CT molecular complexity index is 861. The van der Waals surface area contributed by atoms with Gasteiger partial charge in [0.25, 0.3) is 5.91 Å². The molecule has 0 bridgehead atoms. The number of nitrogens with zero attached hydrogens (tertiary/aromatic N) is 2. The lowest BCUT2D eigenvalue weighted by Crippen LogP contribution is -2.15. The molecule has 0 aliphatic heterocycles. The Kier molecular flexibility index (Phi) is 4.48. The summed E-state index contributed by atoms with van der Waals surface area (Å²) in [6.45, 7) is 0. The zero-order valence-electron chi connectivity index (χ0n) is 12.7. The fourth-order valence-corrected chi connectivity index (χ4v) is 2.33. The van der Waals surface area contributed by atoms with Crippen LogP contribution in [0.4, 0.5) is 10.1 Å². The number of hydrogen-bond donors (Lipinski definition) is 1. The average molecular weight is 346 g/mol. The molecular weight excluding hydrogens is 333 g/mol. The number of aryl methyl sites for hydroxylation is 1. The minimum absolute atomic E-state index is 0.293. The number of rotatable bonds is 4. The van der Waals surface area contributed by atoms with E-state index in [0.29, 0.717) is 28.0 Å². The molecule has 3 rings (SSSR count). The van der Waals surface area contributed by atoms with Gasteiger partial charge in [-0.1, -0.05) is 11.6 Å². The first-order chi connectivity index (χ1) is 11.5. The monoisotopic (exact) mass is 345 g/mol. The third kappa shape index (κ3) is 3.72. The number of halogens is 2. The highest BCUT2D eigenvalue weighted by Crippen LogP contribution is 2.21. The van der Waals surface area contributed by atoms with Crippen LogP contribution in [0.5, 0.6) is 11.6 Å². The Hall–Kier alpha value is -2.86. The maximum absolute atomic E-state index is 12.8. The summed E-state index contributed by atoms with van der Waals surface area (Å²) in [4.78, 5) is 16.3. The van der Waals surface area contributed by atoms with Crippen LogP contribution in [0, 0.1) is 5.82 Å². The fraction of sp³-hybridized carbons (Fsp3) is 0.0588. The van der Waals surface area contributed by atoms with Crippen molar-refractivity contribution in [1.29, 1.82) is 0 Å². The summed E-state index contributed by atoms with van der Waals surface area (Å²) in [7, 11) is 1.73. The first-order valence-corrected chi connectivity index (χ1v) is 7.42. The second-order valence-corrected chi connectivity index (χ2v) is 5.49. The number of nitrogens with one attached hydrogen (secondary N) is 1. The topological polar surface area (TPSA) is 56.2 Å². The Morgan fingerprint density at radius 2 is 2.00 bits per heavy atom. The molecule has 0 saturated carbocycles. The third-order valence-corrected chi connectivity index (χ3v) is 3.44. The smallest absolute Gasteiger partial charge is 0.272 e. The molecule has 1 amide bonds. The van der Waals surface area contributed by atoms with Crippen LogP contribution < -0.4 is 10.1 Å². The lowest BCUT2D eigenvalue weighted by atomic mass is 10.3.